The number of hydrogen-bond donors (Lipinski definition) is 6. The number of aliphatic hydroxyl groups excluding tert-OH is 6. The molecule has 1 aromatic carbocycles. The van der Waals surface area contributed by atoms with Crippen molar-refractivity contribution in [1.29, 1.82) is 0 Å². The second-order valence-electron chi connectivity index (χ2n) is 4.75. The molecule has 4 atom stereocenters. The fraction of sp³-hybridized carbons (Fsp3) is 0.429. The predicted octanol–water partition coefficient (Wildman–Crippen LogP) is -0.531. The van der Waals surface area contributed by atoms with E-state index in [0.717, 1.165) is 6.08 Å². The van der Waals surface area contributed by atoms with E-state index >= 15 is 0 Å². The monoisotopic (exact) mass is 302 g/mol. The summed E-state index contributed by atoms with van der Waals surface area (Å²) in [6.07, 6.45) is -6.17. The summed E-state index contributed by atoms with van der Waals surface area (Å²) >= 11 is 0. The van der Waals surface area contributed by atoms with Crippen LogP contribution in [0.1, 0.15) is 11.1 Å². The molecular weight excluding hydrogens is 283 g/mol. The standard InChI is InChI=1S/C14H19FO6/c1-7-4-8(2-3-9(7)15)5-10(17)12(19)14(21)13(20)11(18)6-16/h2-5,11-14,16-21H,6H2,1H3/t11-,12+,13-,14-/m1/s1. The number of aryl methyl sites for hydroxylation is 1. The number of aliphatic hydroxyl groups is 6. The normalized spacial score (nSPS) is 18.1. The van der Waals surface area contributed by atoms with Crippen LogP contribution in [0.25, 0.3) is 6.08 Å². The lowest BCUT2D eigenvalue weighted by Gasteiger charge is -2.25. The third-order valence-electron chi connectivity index (χ3n) is 3.05. The van der Waals surface area contributed by atoms with Crippen molar-refractivity contribution in [3.05, 3.63) is 40.9 Å². The molecule has 0 amide bonds. The molecule has 0 aromatic heterocycles. The topological polar surface area (TPSA) is 121 Å². The molecule has 1 rings (SSSR count). The van der Waals surface area contributed by atoms with E-state index in [4.69, 9.17) is 5.11 Å². The van der Waals surface area contributed by atoms with E-state index < -0.39 is 42.6 Å². The van der Waals surface area contributed by atoms with Crippen LogP contribution in [-0.4, -0.2) is 61.7 Å². The Kier molecular flexibility index (Phi) is 6.25. The second kappa shape index (κ2) is 7.48. The first-order valence-corrected chi connectivity index (χ1v) is 6.27. The van der Waals surface area contributed by atoms with Gasteiger partial charge in [0.2, 0.25) is 0 Å². The third-order valence-corrected chi connectivity index (χ3v) is 3.05. The average Bonchev–Trinajstić information content (AvgIpc) is 2.47. The van der Waals surface area contributed by atoms with Gasteiger partial charge in [-0.25, -0.2) is 4.39 Å². The van der Waals surface area contributed by atoms with Gasteiger partial charge in [-0.05, 0) is 36.3 Å². The van der Waals surface area contributed by atoms with E-state index in [1.807, 2.05) is 0 Å². The minimum Gasteiger partial charge on any atom is -0.509 e. The Bertz CT molecular complexity index is 504. The summed E-state index contributed by atoms with van der Waals surface area (Å²) in [5.41, 5.74) is 0.720. The second-order valence-corrected chi connectivity index (χ2v) is 4.75. The molecule has 0 aliphatic carbocycles. The van der Waals surface area contributed by atoms with Gasteiger partial charge < -0.3 is 30.6 Å². The van der Waals surface area contributed by atoms with Crippen LogP contribution in [0.2, 0.25) is 0 Å². The first-order chi connectivity index (χ1) is 9.77. The molecule has 7 heteroatoms. The smallest absolute Gasteiger partial charge is 0.139 e. The Labute approximate surface area is 121 Å². The molecule has 0 radical (unpaired) electrons. The van der Waals surface area contributed by atoms with E-state index in [0.29, 0.717) is 11.1 Å². The summed E-state index contributed by atoms with van der Waals surface area (Å²) in [6.45, 7) is 0.711. The van der Waals surface area contributed by atoms with E-state index in [-0.39, 0.29) is 0 Å². The molecule has 0 spiro atoms. The number of rotatable bonds is 6. The van der Waals surface area contributed by atoms with Crippen molar-refractivity contribution in [1.82, 2.24) is 0 Å². The molecule has 6 N–H and O–H groups in total. The van der Waals surface area contributed by atoms with Crippen LogP contribution in [0.3, 0.4) is 0 Å². The summed E-state index contributed by atoms with van der Waals surface area (Å²) in [6, 6.07) is 3.96. The molecule has 21 heavy (non-hydrogen) atoms. The van der Waals surface area contributed by atoms with Crippen LogP contribution in [-0.2, 0) is 0 Å². The Morgan fingerprint density at radius 3 is 2.33 bits per heavy atom. The van der Waals surface area contributed by atoms with Crippen molar-refractivity contribution in [2.45, 2.75) is 31.3 Å². The summed E-state index contributed by atoms with van der Waals surface area (Å²) in [5, 5.41) is 56.3. The molecule has 0 aliphatic rings. The van der Waals surface area contributed by atoms with Crippen molar-refractivity contribution in [3.63, 3.8) is 0 Å². The van der Waals surface area contributed by atoms with Crippen molar-refractivity contribution >= 4 is 6.08 Å². The van der Waals surface area contributed by atoms with Gasteiger partial charge in [0.05, 0.1) is 6.61 Å². The minimum absolute atomic E-state index is 0.335. The maximum atomic E-state index is 13.1. The molecule has 6 nitrogen and oxygen atoms in total. The molecule has 118 valence electrons. The molecule has 1 aromatic rings. The van der Waals surface area contributed by atoms with Crippen molar-refractivity contribution in [2.24, 2.45) is 0 Å². The Hall–Kier alpha value is -1.51. The van der Waals surface area contributed by atoms with Gasteiger partial charge in [0.15, 0.2) is 0 Å². The summed E-state index contributed by atoms with van der Waals surface area (Å²) in [5.74, 6) is -1.09. The summed E-state index contributed by atoms with van der Waals surface area (Å²) in [4.78, 5) is 0. The van der Waals surface area contributed by atoms with Crippen LogP contribution in [0.15, 0.2) is 24.0 Å². The zero-order valence-corrected chi connectivity index (χ0v) is 11.4. The Morgan fingerprint density at radius 2 is 1.81 bits per heavy atom. The molecule has 0 saturated carbocycles. The van der Waals surface area contributed by atoms with Crippen LogP contribution < -0.4 is 0 Å². The lowest BCUT2D eigenvalue weighted by Crippen LogP contribution is -2.46. The van der Waals surface area contributed by atoms with Crippen LogP contribution >= 0.6 is 0 Å². The maximum absolute atomic E-state index is 13.1. The van der Waals surface area contributed by atoms with Crippen LogP contribution in [0.4, 0.5) is 4.39 Å². The zero-order chi connectivity index (χ0) is 16.2. The zero-order valence-electron chi connectivity index (χ0n) is 11.4. The largest absolute Gasteiger partial charge is 0.509 e. The van der Waals surface area contributed by atoms with Gasteiger partial charge in [0.1, 0.15) is 36.0 Å². The molecule has 0 saturated heterocycles. The molecular formula is C14H19FO6. The summed E-state index contributed by atoms with van der Waals surface area (Å²) < 4.78 is 13.1. The molecule has 0 aliphatic heterocycles. The number of benzene rings is 1. The number of halogens is 1. The molecule has 0 fully saturated rings. The van der Waals surface area contributed by atoms with E-state index in [2.05, 4.69) is 0 Å². The Balaban J connectivity index is 2.87. The highest BCUT2D eigenvalue weighted by Gasteiger charge is 2.32. The van der Waals surface area contributed by atoms with E-state index in [9.17, 15) is 29.9 Å². The van der Waals surface area contributed by atoms with Gasteiger partial charge in [-0.15, -0.1) is 0 Å². The van der Waals surface area contributed by atoms with E-state index in [1.54, 1.807) is 0 Å². The molecule has 0 unspecified atom stereocenters. The highest BCUT2D eigenvalue weighted by molar-refractivity contribution is 5.53. The molecule has 0 bridgehead atoms. The highest BCUT2D eigenvalue weighted by Crippen LogP contribution is 2.16. The first kappa shape index (κ1) is 17.5. The van der Waals surface area contributed by atoms with E-state index in [1.165, 1.54) is 25.1 Å². The fourth-order valence-corrected chi connectivity index (χ4v) is 1.71. The van der Waals surface area contributed by atoms with Crippen LogP contribution in [0.5, 0.6) is 0 Å². The SMILES string of the molecule is Cc1cc(C=C(O)[C@H](O)[C@@H](O)[C@H](O)[C@H](O)CO)ccc1F. The molecule has 0 heterocycles. The lowest BCUT2D eigenvalue weighted by atomic mass is 10.0. The van der Waals surface area contributed by atoms with Crippen molar-refractivity contribution in [2.75, 3.05) is 6.61 Å². The van der Waals surface area contributed by atoms with Gasteiger partial charge in [-0.3, -0.25) is 0 Å². The Morgan fingerprint density at radius 1 is 1.19 bits per heavy atom. The van der Waals surface area contributed by atoms with Crippen LogP contribution in [0, 0.1) is 12.7 Å². The first-order valence-electron chi connectivity index (χ1n) is 6.27. The van der Waals surface area contributed by atoms with Gasteiger partial charge in [0, 0.05) is 0 Å². The van der Waals surface area contributed by atoms with Gasteiger partial charge >= 0.3 is 0 Å². The lowest BCUT2D eigenvalue weighted by molar-refractivity contribution is -0.112. The fourth-order valence-electron chi connectivity index (χ4n) is 1.71. The predicted molar refractivity (Wildman–Crippen MR) is 72.9 cm³/mol. The quantitative estimate of drug-likeness (QED) is 0.393. The van der Waals surface area contributed by atoms with Gasteiger partial charge in [-0.1, -0.05) is 6.07 Å². The highest BCUT2D eigenvalue weighted by atomic mass is 19.1. The number of hydrogen-bond acceptors (Lipinski definition) is 6. The van der Waals surface area contributed by atoms with Gasteiger partial charge in [0.25, 0.3) is 0 Å². The van der Waals surface area contributed by atoms with Gasteiger partial charge in [-0.2, -0.15) is 0 Å². The van der Waals surface area contributed by atoms with Crippen molar-refractivity contribution in [3.8, 4) is 0 Å². The summed E-state index contributed by atoms with van der Waals surface area (Å²) in [7, 11) is 0. The minimum atomic E-state index is -1.90. The third kappa shape index (κ3) is 4.48. The maximum Gasteiger partial charge on any atom is 0.139 e. The van der Waals surface area contributed by atoms with Crippen molar-refractivity contribution < 1.29 is 35.0 Å². The average molecular weight is 302 g/mol.